The van der Waals surface area contributed by atoms with Crippen LogP contribution in [-0.2, 0) is 9.53 Å². The lowest BCUT2D eigenvalue weighted by Crippen LogP contribution is -2.45. The number of benzene rings is 1. The highest BCUT2D eigenvalue weighted by Gasteiger charge is 2.34. The molecular weight excluding hydrogens is 311 g/mol. The van der Waals surface area contributed by atoms with Gasteiger partial charge in [0.25, 0.3) is 0 Å². The number of rotatable bonds is 3. The van der Waals surface area contributed by atoms with Crippen LogP contribution in [0.2, 0.25) is 10.0 Å². The Morgan fingerprint density at radius 3 is 2.81 bits per heavy atom. The number of ether oxygens (including phenoxy) is 1. The fraction of sp³-hybridized carbons (Fsp3) is 0.533. The largest absolute Gasteiger partial charge is 0.370 e. The Labute approximate surface area is 134 Å². The molecule has 0 spiro atoms. The highest BCUT2D eigenvalue weighted by molar-refractivity contribution is 6.42. The van der Waals surface area contributed by atoms with Gasteiger partial charge in [0, 0.05) is 19.0 Å². The molecule has 2 unspecified atom stereocenters. The average Bonchev–Trinajstić information content (AvgIpc) is 3.29. The minimum Gasteiger partial charge on any atom is -0.370 e. The SMILES string of the molecule is O=C(NC1CNCCOC1c1ccc(Cl)c(Cl)c1)C1CC1. The van der Waals surface area contributed by atoms with Crippen molar-refractivity contribution in [2.45, 2.75) is 25.0 Å². The Kier molecular flexibility index (Phi) is 4.69. The first kappa shape index (κ1) is 15.1. The van der Waals surface area contributed by atoms with Crippen molar-refractivity contribution in [3.63, 3.8) is 0 Å². The third-order valence-electron chi connectivity index (χ3n) is 3.85. The fourth-order valence-corrected chi connectivity index (χ4v) is 2.84. The Balaban J connectivity index is 1.79. The molecule has 2 fully saturated rings. The molecule has 0 bridgehead atoms. The van der Waals surface area contributed by atoms with Gasteiger partial charge in [-0.1, -0.05) is 29.3 Å². The van der Waals surface area contributed by atoms with Crippen molar-refractivity contribution >= 4 is 29.1 Å². The van der Waals surface area contributed by atoms with Gasteiger partial charge in [-0.2, -0.15) is 0 Å². The normalized spacial score (nSPS) is 26.2. The van der Waals surface area contributed by atoms with Gasteiger partial charge in [0.1, 0.15) is 6.10 Å². The Morgan fingerprint density at radius 2 is 2.10 bits per heavy atom. The lowest BCUT2D eigenvalue weighted by atomic mass is 10.0. The first-order chi connectivity index (χ1) is 10.1. The summed E-state index contributed by atoms with van der Waals surface area (Å²) in [7, 11) is 0. The van der Waals surface area contributed by atoms with Crippen molar-refractivity contribution in [1.82, 2.24) is 10.6 Å². The summed E-state index contributed by atoms with van der Waals surface area (Å²) in [5.41, 5.74) is 0.939. The minimum absolute atomic E-state index is 0.0992. The summed E-state index contributed by atoms with van der Waals surface area (Å²) in [6, 6.07) is 5.38. The number of halogens is 2. The van der Waals surface area contributed by atoms with E-state index in [1.165, 1.54) is 0 Å². The molecule has 6 heteroatoms. The lowest BCUT2D eigenvalue weighted by Gasteiger charge is -2.26. The van der Waals surface area contributed by atoms with Gasteiger partial charge in [-0.05, 0) is 30.5 Å². The zero-order valence-electron chi connectivity index (χ0n) is 11.6. The second-order valence-corrected chi connectivity index (χ2v) is 6.37. The second-order valence-electron chi connectivity index (χ2n) is 5.56. The summed E-state index contributed by atoms with van der Waals surface area (Å²) in [6.07, 6.45) is 1.77. The summed E-state index contributed by atoms with van der Waals surface area (Å²) < 4.78 is 5.92. The van der Waals surface area contributed by atoms with Gasteiger partial charge in [-0.25, -0.2) is 0 Å². The Morgan fingerprint density at radius 1 is 1.29 bits per heavy atom. The molecule has 1 aromatic carbocycles. The number of nitrogens with one attached hydrogen (secondary N) is 2. The van der Waals surface area contributed by atoms with Crippen molar-refractivity contribution in [2.75, 3.05) is 19.7 Å². The van der Waals surface area contributed by atoms with Gasteiger partial charge in [-0.3, -0.25) is 4.79 Å². The van der Waals surface area contributed by atoms with E-state index in [1.807, 2.05) is 12.1 Å². The smallest absolute Gasteiger partial charge is 0.223 e. The quantitative estimate of drug-likeness (QED) is 0.896. The zero-order valence-corrected chi connectivity index (χ0v) is 13.1. The van der Waals surface area contributed by atoms with E-state index in [0.717, 1.165) is 24.9 Å². The van der Waals surface area contributed by atoms with Gasteiger partial charge >= 0.3 is 0 Å². The fourth-order valence-electron chi connectivity index (χ4n) is 2.53. The van der Waals surface area contributed by atoms with Crippen LogP contribution in [0.25, 0.3) is 0 Å². The predicted molar refractivity (Wildman–Crippen MR) is 82.7 cm³/mol. The maximum Gasteiger partial charge on any atom is 0.223 e. The van der Waals surface area contributed by atoms with Crippen LogP contribution in [0, 0.1) is 5.92 Å². The van der Waals surface area contributed by atoms with Gasteiger partial charge in [0.05, 0.1) is 22.7 Å². The van der Waals surface area contributed by atoms with Crippen LogP contribution >= 0.6 is 23.2 Å². The van der Waals surface area contributed by atoms with E-state index in [9.17, 15) is 4.79 Å². The van der Waals surface area contributed by atoms with Crippen molar-refractivity contribution < 1.29 is 9.53 Å². The molecule has 1 saturated carbocycles. The molecule has 1 aliphatic carbocycles. The molecule has 114 valence electrons. The number of amides is 1. The molecule has 0 aromatic heterocycles. The molecule has 0 radical (unpaired) electrons. The maximum atomic E-state index is 12.0. The van der Waals surface area contributed by atoms with E-state index in [-0.39, 0.29) is 24.0 Å². The van der Waals surface area contributed by atoms with Crippen LogP contribution < -0.4 is 10.6 Å². The predicted octanol–water partition coefficient (Wildman–Crippen LogP) is 2.55. The number of hydrogen-bond acceptors (Lipinski definition) is 3. The molecule has 21 heavy (non-hydrogen) atoms. The molecule has 2 N–H and O–H groups in total. The Bertz CT molecular complexity index is 534. The van der Waals surface area contributed by atoms with Crippen molar-refractivity contribution in [1.29, 1.82) is 0 Å². The van der Waals surface area contributed by atoms with Crippen LogP contribution in [-0.4, -0.2) is 31.6 Å². The summed E-state index contributed by atoms with van der Waals surface area (Å²) >= 11 is 12.1. The first-order valence-corrected chi connectivity index (χ1v) is 7.98. The number of hydrogen-bond donors (Lipinski definition) is 2. The van der Waals surface area contributed by atoms with E-state index < -0.39 is 0 Å². The van der Waals surface area contributed by atoms with E-state index in [1.54, 1.807) is 6.07 Å². The van der Waals surface area contributed by atoms with Gasteiger partial charge in [-0.15, -0.1) is 0 Å². The second kappa shape index (κ2) is 6.53. The van der Waals surface area contributed by atoms with Gasteiger partial charge in [0.15, 0.2) is 0 Å². The molecule has 1 heterocycles. The highest BCUT2D eigenvalue weighted by Crippen LogP contribution is 2.32. The minimum atomic E-state index is -0.211. The summed E-state index contributed by atoms with van der Waals surface area (Å²) in [4.78, 5) is 12.0. The first-order valence-electron chi connectivity index (χ1n) is 7.23. The zero-order chi connectivity index (χ0) is 14.8. The molecule has 2 atom stereocenters. The van der Waals surface area contributed by atoms with E-state index in [0.29, 0.717) is 23.2 Å². The summed E-state index contributed by atoms with van der Waals surface area (Å²) in [5.74, 6) is 0.306. The van der Waals surface area contributed by atoms with E-state index >= 15 is 0 Å². The third kappa shape index (κ3) is 3.69. The third-order valence-corrected chi connectivity index (χ3v) is 4.59. The molecule has 4 nitrogen and oxygen atoms in total. The average molecular weight is 329 g/mol. The summed E-state index contributed by atoms with van der Waals surface area (Å²) in [6.45, 7) is 2.05. The topological polar surface area (TPSA) is 50.4 Å². The molecule has 1 saturated heterocycles. The molecule has 3 rings (SSSR count). The molecule has 1 aliphatic heterocycles. The van der Waals surface area contributed by atoms with Crippen molar-refractivity contribution in [2.24, 2.45) is 5.92 Å². The van der Waals surface area contributed by atoms with Crippen LogP contribution in [0.1, 0.15) is 24.5 Å². The van der Waals surface area contributed by atoms with E-state index in [4.69, 9.17) is 27.9 Å². The van der Waals surface area contributed by atoms with Crippen LogP contribution in [0.5, 0.6) is 0 Å². The highest BCUT2D eigenvalue weighted by atomic mass is 35.5. The van der Waals surface area contributed by atoms with Crippen LogP contribution in [0.4, 0.5) is 0 Å². The van der Waals surface area contributed by atoms with Gasteiger partial charge in [0.2, 0.25) is 5.91 Å². The van der Waals surface area contributed by atoms with Crippen molar-refractivity contribution in [3.8, 4) is 0 Å². The number of carbonyl (C=O) groups excluding carboxylic acids is 1. The van der Waals surface area contributed by atoms with E-state index in [2.05, 4.69) is 10.6 Å². The molecule has 1 amide bonds. The summed E-state index contributed by atoms with van der Waals surface area (Å²) in [5, 5.41) is 7.41. The van der Waals surface area contributed by atoms with Crippen molar-refractivity contribution in [3.05, 3.63) is 33.8 Å². The monoisotopic (exact) mass is 328 g/mol. The maximum absolute atomic E-state index is 12.0. The lowest BCUT2D eigenvalue weighted by molar-refractivity contribution is -0.124. The molecule has 1 aromatic rings. The standard InChI is InChI=1S/C15H18Cl2N2O2/c16-11-4-3-10(7-12(11)17)14-13(8-18-5-6-21-14)19-15(20)9-1-2-9/h3-4,7,9,13-14,18H,1-2,5-6,8H2,(H,19,20). The number of carbonyl (C=O) groups is 1. The van der Waals surface area contributed by atoms with Crippen LogP contribution in [0.3, 0.4) is 0 Å². The Hall–Kier alpha value is -0.810. The van der Waals surface area contributed by atoms with Crippen LogP contribution in [0.15, 0.2) is 18.2 Å². The molecule has 2 aliphatic rings. The van der Waals surface area contributed by atoms with Gasteiger partial charge < -0.3 is 15.4 Å². The molecular formula is C15H18Cl2N2O2.